The average Bonchev–Trinajstić information content (AvgIpc) is 2.93. The standard InChI is InChI=1S/C31H35Cl2N3O3/c1-2-39-16-6-13-34-31(38)28-21-27(35-30(37)24-18-25(32)20-26(33)19-24)9-10-29(28)36-14-11-23(12-15-36)17-22-7-4-3-5-8-22/h3-5,7-10,18-21,23H,2,6,11-17H2,1H3,(H,34,38)(H,35,37). The molecule has 0 unspecified atom stereocenters. The first kappa shape index (κ1) is 28.9. The fourth-order valence-corrected chi connectivity index (χ4v) is 5.43. The van der Waals surface area contributed by atoms with Crippen LogP contribution in [0.25, 0.3) is 0 Å². The quantitative estimate of drug-likeness (QED) is 0.248. The number of nitrogens with one attached hydrogen (secondary N) is 2. The number of carbonyl (C=O) groups is 2. The minimum Gasteiger partial charge on any atom is -0.382 e. The van der Waals surface area contributed by atoms with Gasteiger partial charge in [-0.05, 0) is 80.5 Å². The normalized spacial score (nSPS) is 13.8. The lowest BCUT2D eigenvalue weighted by molar-refractivity contribution is 0.0943. The van der Waals surface area contributed by atoms with Gasteiger partial charge in [0.05, 0.1) is 5.56 Å². The molecule has 1 aliphatic heterocycles. The van der Waals surface area contributed by atoms with Gasteiger partial charge in [0.15, 0.2) is 0 Å². The zero-order valence-corrected chi connectivity index (χ0v) is 23.7. The summed E-state index contributed by atoms with van der Waals surface area (Å²) in [5.41, 5.74) is 3.65. The number of rotatable bonds is 11. The molecular weight excluding hydrogens is 533 g/mol. The molecule has 0 spiro atoms. The SMILES string of the molecule is CCOCCCNC(=O)c1cc(NC(=O)c2cc(Cl)cc(Cl)c2)ccc1N1CCC(Cc2ccccc2)CC1. The largest absolute Gasteiger partial charge is 0.382 e. The fourth-order valence-electron chi connectivity index (χ4n) is 4.90. The van der Waals surface area contributed by atoms with Gasteiger partial charge in [-0.15, -0.1) is 0 Å². The van der Waals surface area contributed by atoms with E-state index in [-0.39, 0.29) is 11.8 Å². The zero-order valence-electron chi connectivity index (χ0n) is 22.2. The van der Waals surface area contributed by atoms with E-state index < -0.39 is 0 Å². The van der Waals surface area contributed by atoms with Crippen molar-refractivity contribution in [1.29, 1.82) is 0 Å². The first-order valence-corrected chi connectivity index (χ1v) is 14.2. The van der Waals surface area contributed by atoms with Crippen LogP contribution in [0.3, 0.4) is 0 Å². The highest BCUT2D eigenvalue weighted by molar-refractivity contribution is 6.35. The number of nitrogens with zero attached hydrogens (tertiary/aromatic N) is 1. The molecule has 3 aromatic rings. The minimum atomic E-state index is -0.350. The molecule has 206 valence electrons. The van der Waals surface area contributed by atoms with Crippen molar-refractivity contribution in [3.63, 3.8) is 0 Å². The van der Waals surface area contributed by atoms with Gasteiger partial charge in [0.2, 0.25) is 0 Å². The van der Waals surface area contributed by atoms with Gasteiger partial charge < -0.3 is 20.3 Å². The molecule has 0 radical (unpaired) electrons. The molecular formula is C31H35Cl2N3O3. The molecule has 4 rings (SSSR count). The second-order valence-electron chi connectivity index (χ2n) is 9.77. The Bertz CT molecular complexity index is 1240. The van der Waals surface area contributed by atoms with Crippen molar-refractivity contribution in [2.24, 2.45) is 5.92 Å². The maximum atomic E-state index is 13.3. The molecule has 1 fully saturated rings. The predicted molar refractivity (Wildman–Crippen MR) is 159 cm³/mol. The zero-order chi connectivity index (χ0) is 27.6. The number of piperidine rings is 1. The van der Waals surface area contributed by atoms with Crippen LogP contribution >= 0.6 is 23.2 Å². The van der Waals surface area contributed by atoms with Gasteiger partial charge in [0.25, 0.3) is 11.8 Å². The topological polar surface area (TPSA) is 70.7 Å². The molecule has 0 aliphatic carbocycles. The van der Waals surface area contributed by atoms with Gasteiger partial charge in [-0.1, -0.05) is 53.5 Å². The van der Waals surface area contributed by atoms with Crippen molar-refractivity contribution >= 4 is 46.4 Å². The Morgan fingerprint density at radius 3 is 2.36 bits per heavy atom. The Morgan fingerprint density at radius 1 is 0.949 bits per heavy atom. The summed E-state index contributed by atoms with van der Waals surface area (Å²) in [7, 11) is 0. The van der Waals surface area contributed by atoms with E-state index in [2.05, 4.69) is 39.8 Å². The number of hydrogen-bond acceptors (Lipinski definition) is 4. The smallest absolute Gasteiger partial charge is 0.255 e. The summed E-state index contributed by atoms with van der Waals surface area (Å²) in [6, 6.07) is 20.8. The summed E-state index contributed by atoms with van der Waals surface area (Å²) < 4.78 is 5.39. The summed E-state index contributed by atoms with van der Waals surface area (Å²) in [6.45, 7) is 5.44. The molecule has 0 saturated carbocycles. The Morgan fingerprint density at radius 2 is 1.67 bits per heavy atom. The monoisotopic (exact) mass is 567 g/mol. The predicted octanol–water partition coefficient (Wildman–Crippen LogP) is 6.86. The number of halogens is 2. The third kappa shape index (κ3) is 8.46. The summed E-state index contributed by atoms with van der Waals surface area (Å²) in [5.74, 6) is 0.0920. The van der Waals surface area contributed by atoms with Crippen LogP contribution in [0.15, 0.2) is 66.7 Å². The van der Waals surface area contributed by atoms with Crippen LogP contribution < -0.4 is 15.5 Å². The lowest BCUT2D eigenvalue weighted by atomic mass is 9.89. The van der Waals surface area contributed by atoms with Crippen molar-refractivity contribution in [3.8, 4) is 0 Å². The Hall–Kier alpha value is -3.06. The van der Waals surface area contributed by atoms with E-state index in [1.54, 1.807) is 24.3 Å². The highest BCUT2D eigenvalue weighted by atomic mass is 35.5. The van der Waals surface area contributed by atoms with Gasteiger partial charge in [-0.25, -0.2) is 0 Å². The highest BCUT2D eigenvalue weighted by Crippen LogP contribution is 2.30. The third-order valence-corrected chi connectivity index (χ3v) is 7.34. The van der Waals surface area contributed by atoms with Gasteiger partial charge in [-0.3, -0.25) is 9.59 Å². The van der Waals surface area contributed by atoms with E-state index in [4.69, 9.17) is 27.9 Å². The van der Waals surface area contributed by atoms with E-state index in [9.17, 15) is 9.59 Å². The molecule has 1 saturated heterocycles. The van der Waals surface area contributed by atoms with Crippen LogP contribution in [0, 0.1) is 5.92 Å². The van der Waals surface area contributed by atoms with Crippen LogP contribution in [-0.4, -0.2) is 44.7 Å². The second kappa shape index (κ2) is 14.4. The maximum absolute atomic E-state index is 13.3. The van der Waals surface area contributed by atoms with Crippen LogP contribution in [-0.2, 0) is 11.2 Å². The molecule has 2 amide bonds. The van der Waals surface area contributed by atoms with E-state index in [0.717, 1.165) is 44.5 Å². The number of ether oxygens (including phenoxy) is 1. The van der Waals surface area contributed by atoms with E-state index >= 15 is 0 Å². The first-order chi connectivity index (χ1) is 18.9. The van der Waals surface area contributed by atoms with E-state index in [0.29, 0.717) is 52.5 Å². The molecule has 39 heavy (non-hydrogen) atoms. The second-order valence-corrected chi connectivity index (χ2v) is 10.6. The summed E-state index contributed by atoms with van der Waals surface area (Å²) in [5, 5.41) is 6.66. The summed E-state index contributed by atoms with van der Waals surface area (Å²) in [4.78, 5) is 28.5. The number of hydrogen-bond donors (Lipinski definition) is 2. The Kier molecular flexibility index (Phi) is 10.7. The number of amides is 2. The maximum Gasteiger partial charge on any atom is 0.255 e. The molecule has 3 aromatic carbocycles. The molecule has 0 aromatic heterocycles. The fraction of sp³-hybridized carbons (Fsp3) is 0.355. The Balaban J connectivity index is 1.48. The van der Waals surface area contributed by atoms with Crippen molar-refractivity contribution in [2.45, 2.75) is 32.6 Å². The van der Waals surface area contributed by atoms with Crippen LogP contribution in [0.2, 0.25) is 10.0 Å². The Labute approximate surface area is 240 Å². The summed E-state index contributed by atoms with van der Waals surface area (Å²) in [6.07, 6.45) is 3.91. The van der Waals surface area contributed by atoms with E-state index in [1.165, 1.54) is 5.56 Å². The molecule has 6 nitrogen and oxygen atoms in total. The number of anilines is 2. The van der Waals surface area contributed by atoms with Crippen LogP contribution in [0.1, 0.15) is 52.5 Å². The number of carbonyl (C=O) groups excluding carboxylic acids is 2. The summed E-state index contributed by atoms with van der Waals surface area (Å²) >= 11 is 12.1. The minimum absolute atomic E-state index is 0.171. The first-order valence-electron chi connectivity index (χ1n) is 13.5. The average molecular weight is 569 g/mol. The molecule has 1 heterocycles. The third-order valence-electron chi connectivity index (χ3n) is 6.90. The van der Waals surface area contributed by atoms with Gasteiger partial charge in [-0.2, -0.15) is 0 Å². The lowest BCUT2D eigenvalue weighted by Gasteiger charge is -2.35. The number of benzene rings is 3. The van der Waals surface area contributed by atoms with Gasteiger partial charge in [0, 0.05) is 59.8 Å². The molecule has 0 atom stereocenters. The van der Waals surface area contributed by atoms with E-state index in [1.807, 2.05) is 25.1 Å². The van der Waals surface area contributed by atoms with Gasteiger partial charge >= 0.3 is 0 Å². The van der Waals surface area contributed by atoms with Crippen molar-refractivity contribution in [2.75, 3.05) is 43.1 Å². The lowest BCUT2D eigenvalue weighted by Crippen LogP contribution is -2.36. The van der Waals surface area contributed by atoms with Crippen LogP contribution in [0.4, 0.5) is 11.4 Å². The van der Waals surface area contributed by atoms with Crippen molar-refractivity contribution in [1.82, 2.24) is 5.32 Å². The molecule has 1 aliphatic rings. The van der Waals surface area contributed by atoms with Crippen molar-refractivity contribution < 1.29 is 14.3 Å². The van der Waals surface area contributed by atoms with Crippen molar-refractivity contribution in [3.05, 3.63) is 93.5 Å². The van der Waals surface area contributed by atoms with Crippen LogP contribution in [0.5, 0.6) is 0 Å². The molecule has 2 N–H and O–H groups in total. The van der Waals surface area contributed by atoms with Gasteiger partial charge in [0.1, 0.15) is 0 Å². The molecule has 0 bridgehead atoms. The molecule has 8 heteroatoms. The highest BCUT2D eigenvalue weighted by Gasteiger charge is 2.24.